The third-order valence-corrected chi connectivity index (χ3v) is 5.04. The van der Waals surface area contributed by atoms with Gasteiger partial charge in [0, 0.05) is 23.5 Å². The second-order valence-corrected chi connectivity index (χ2v) is 6.66. The zero-order chi connectivity index (χ0) is 16.6. The van der Waals surface area contributed by atoms with E-state index in [1.54, 1.807) is 42.7 Å². The lowest BCUT2D eigenvalue weighted by Crippen LogP contribution is -2.00. The first-order chi connectivity index (χ1) is 11.0. The van der Waals surface area contributed by atoms with Crippen molar-refractivity contribution in [3.05, 3.63) is 80.0 Å². The molecule has 23 heavy (non-hydrogen) atoms. The van der Waals surface area contributed by atoms with Crippen LogP contribution in [0.25, 0.3) is 11.1 Å². The van der Waals surface area contributed by atoms with Crippen molar-refractivity contribution >= 4 is 46.4 Å². The normalized spacial score (nSPS) is 12.4. The lowest BCUT2D eigenvalue weighted by Gasteiger charge is -2.13. The van der Waals surface area contributed by atoms with Gasteiger partial charge in [-0.2, -0.15) is 0 Å². The second kappa shape index (κ2) is 6.76. The molecule has 1 heterocycles. The molecule has 118 valence electrons. The number of hydrogen-bond acceptors (Lipinski definition) is 1. The maximum atomic E-state index is 10.7. The highest BCUT2D eigenvalue weighted by Crippen LogP contribution is 2.36. The molecule has 3 aromatic rings. The smallest absolute Gasteiger partial charge is 0.106 e. The van der Waals surface area contributed by atoms with Crippen molar-refractivity contribution in [2.75, 3.05) is 0 Å². The van der Waals surface area contributed by atoms with Gasteiger partial charge in [-0.25, -0.2) is 0 Å². The van der Waals surface area contributed by atoms with Crippen molar-refractivity contribution in [1.82, 2.24) is 4.98 Å². The van der Waals surface area contributed by atoms with Gasteiger partial charge in [0.15, 0.2) is 0 Å². The van der Waals surface area contributed by atoms with Gasteiger partial charge < -0.3 is 10.1 Å². The Bertz CT molecular complexity index is 860. The van der Waals surface area contributed by atoms with Crippen LogP contribution in [0.2, 0.25) is 20.1 Å². The summed E-state index contributed by atoms with van der Waals surface area (Å²) >= 11 is 24.0. The van der Waals surface area contributed by atoms with E-state index < -0.39 is 6.10 Å². The van der Waals surface area contributed by atoms with Crippen LogP contribution >= 0.6 is 46.4 Å². The van der Waals surface area contributed by atoms with E-state index >= 15 is 0 Å². The van der Waals surface area contributed by atoms with Crippen LogP contribution in [0.1, 0.15) is 17.2 Å². The van der Waals surface area contributed by atoms with Crippen LogP contribution in [0.15, 0.2) is 48.8 Å². The zero-order valence-electron chi connectivity index (χ0n) is 11.7. The Morgan fingerprint density at radius 1 is 0.783 bits per heavy atom. The predicted molar refractivity (Wildman–Crippen MR) is 96.8 cm³/mol. The minimum Gasteiger partial charge on any atom is -0.384 e. The van der Waals surface area contributed by atoms with Gasteiger partial charge >= 0.3 is 0 Å². The SMILES string of the molecule is O[C@H](c1ccc(Cl)c(Cl)c1)c1c[nH]cc1-c1ccc(Cl)c(Cl)c1. The molecule has 0 spiro atoms. The van der Waals surface area contributed by atoms with Crippen molar-refractivity contribution < 1.29 is 5.11 Å². The average Bonchev–Trinajstić information content (AvgIpc) is 3.01. The standard InChI is InChI=1S/C17H11Cl4NO/c18-13-3-1-9(5-15(13)20)11-7-22-8-12(11)17(23)10-2-4-14(19)16(21)6-10/h1-8,17,22-23H/t17-/m1/s1. The minimum atomic E-state index is -0.847. The number of hydrogen-bond donors (Lipinski definition) is 2. The Hall–Kier alpha value is -1.16. The molecular weight excluding hydrogens is 376 g/mol. The summed E-state index contributed by atoms with van der Waals surface area (Å²) in [5, 5.41) is 12.5. The van der Waals surface area contributed by atoms with E-state index in [-0.39, 0.29) is 0 Å². The van der Waals surface area contributed by atoms with Gasteiger partial charge in [0.2, 0.25) is 0 Å². The van der Waals surface area contributed by atoms with Crippen LogP contribution in [-0.2, 0) is 0 Å². The number of aliphatic hydroxyl groups is 1. The molecule has 0 bridgehead atoms. The molecule has 1 atom stereocenters. The van der Waals surface area contributed by atoms with Crippen LogP contribution in [0.4, 0.5) is 0 Å². The van der Waals surface area contributed by atoms with Crippen molar-refractivity contribution in [3.8, 4) is 11.1 Å². The molecule has 0 fully saturated rings. The predicted octanol–water partition coefficient (Wildman–Crippen LogP) is 6.38. The molecule has 0 aliphatic heterocycles. The average molecular weight is 387 g/mol. The fraction of sp³-hybridized carbons (Fsp3) is 0.0588. The summed E-state index contributed by atoms with van der Waals surface area (Å²) in [7, 11) is 0. The number of aromatic amines is 1. The maximum Gasteiger partial charge on any atom is 0.106 e. The van der Waals surface area contributed by atoms with Crippen molar-refractivity contribution in [1.29, 1.82) is 0 Å². The molecule has 0 unspecified atom stereocenters. The molecule has 0 saturated carbocycles. The number of H-pyrrole nitrogens is 1. The van der Waals surface area contributed by atoms with Crippen LogP contribution in [0.5, 0.6) is 0 Å². The van der Waals surface area contributed by atoms with Gasteiger partial charge in [0.25, 0.3) is 0 Å². The molecule has 0 aliphatic rings. The van der Waals surface area contributed by atoms with E-state index in [4.69, 9.17) is 46.4 Å². The fourth-order valence-electron chi connectivity index (χ4n) is 2.38. The summed E-state index contributed by atoms with van der Waals surface area (Å²) in [5.74, 6) is 0. The molecule has 2 aromatic carbocycles. The Kier molecular flexibility index (Phi) is 4.90. The lowest BCUT2D eigenvalue weighted by molar-refractivity contribution is 0.221. The molecule has 0 radical (unpaired) electrons. The van der Waals surface area contributed by atoms with Gasteiger partial charge in [-0.15, -0.1) is 0 Å². The maximum absolute atomic E-state index is 10.7. The van der Waals surface area contributed by atoms with E-state index in [1.165, 1.54) is 0 Å². The first-order valence-corrected chi connectivity index (χ1v) is 8.23. The lowest BCUT2D eigenvalue weighted by atomic mass is 9.97. The van der Waals surface area contributed by atoms with Crippen molar-refractivity contribution in [2.24, 2.45) is 0 Å². The molecule has 0 amide bonds. The van der Waals surface area contributed by atoms with Crippen molar-refractivity contribution in [2.45, 2.75) is 6.10 Å². The number of aliphatic hydroxyl groups excluding tert-OH is 1. The third kappa shape index (κ3) is 3.37. The van der Waals surface area contributed by atoms with Crippen LogP contribution in [0, 0.1) is 0 Å². The summed E-state index contributed by atoms with van der Waals surface area (Å²) in [6.45, 7) is 0. The first-order valence-electron chi connectivity index (χ1n) is 6.72. The molecule has 2 N–H and O–H groups in total. The molecule has 3 rings (SSSR count). The van der Waals surface area contributed by atoms with E-state index in [0.717, 1.165) is 11.1 Å². The summed E-state index contributed by atoms with van der Waals surface area (Å²) in [6, 6.07) is 10.4. The molecule has 1 aromatic heterocycles. The Balaban J connectivity index is 2.02. The van der Waals surface area contributed by atoms with E-state index in [9.17, 15) is 5.11 Å². The van der Waals surface area contributed by atoms with Crippen LogP contribution in [-0.4, -0.2) is 10.1 Å². The first kappa shape index (κ1) is 16.7. The summed E-state index contributed by atoms with van der Waals surface area (Å²) in [4.78, 5) is 3.01. The quantitative estimate of drug-likeness (QED) is 0.538. The highest BCUT2D eigenvalue weighted by molar-refractivity contribution is 6.42. The monoisotopic (exact) mass is 385 g/mol. The van der Waals surface area contributed by atoms with Gasteiger partial charge in [-0.1, -0.05) is 58.5 Å². The fourth-order valence-corrected chi connectivity index (χ4v) is 2.98. The van der Waals surface area contributed by atoms with Gasteiger partial charge in [0.1, 0.15) is 6.10 Å². The van der Waals surface area contributed by atoms with E-state index in [2.05, 4.69) is 4.98 Å². The number of nitrogens with one attached hydrogen (secondary N) is 1. The summed E-state index contributed by atoms with van der Waals surface area (Å²) < 4.78 is 0. The largest absolute Gasteiger partial charge is 0.384 e. The number of halogens is 4. The highest BCUT2D eigenvalue weighted by Gasteiger charge is 2.18. The number of benzene rings is 2. The minimum absolute atomic E-state index is 0.398. The van der Waals surface area contributed by atoms with E-state index in [0.29, 0.717) is 31.2 Å². The Morgan fingerprint density at radius 2 is 1.43 bits per heavy atom. The van der Waals surface area contributed by atoms with Crippen LogP contribution in [0.3, 0.4) is 0 Å². The Labute approximate surface area is 153 Å². The zero-order valence-corrected chi connectivity index (χ0v) is 14.7. The van der Waals surface area contributed by atoms with Gasteiger partial charge in [-0.05, 0) is 35.4 Å². The van der Waals surface area contributed by atoms with Crippen LogP contribution < -0.4 is 0 Å². The number of rotatable bonds is 3. The molecule has 2 nitrogen and oxygen atoms in total. The molecule has 0 aliphatic carbocycles. The second-order valence-electron chi connectivity index (χ2n) is 5.03. The third-order valence-electron chi connectivity index (χ3n) is 3.56. The number of aromatic nitrogens is 1. The Morgan fingerprint density at radius 3 is 2.09 bits per heavy atom. The van der Waals surface area contributed by atoms with Crippen molar-refractivity contribution in [3.63, 3.8) is 0 Å². The summed E-state index contributed by atoms with van der Waals surface area (Å²) in [6.07, 6.45) is 2.70. The van der Waals surface area contributed by atoms with E-state index in [1.807, 2.05) is 6.07 Å². The molecular formula is C17H11Cl4NO. The topological polar surface area (TPSA) is 36.0 Å². The molecule has 6 heteroatoms. The summed E-state index contributed by atoms with van der Waals surface area (Å²) in [5.41, 5.74) is 3.05. The van der Waals surface area contributed by atoms with Gasteiger partial charge in [0.05, 0.1) is 20.1 Å². The molecule has 0 saturated heterocycles. The highest BCUT2D eigenvalue weighted by atomic mass is 35.5. The van der Waals surface area contributed by atoms with Gasteiger partial charge in [-0.3, -0.25) is 0 Å².